The van der Waals surface area contributed by atoms with Crippen molar-refractivity contribution in [3.05, 3.63) is 224 Å². The zero-order valence-electron chi connectivity index (χ0n) is 33.1. The van der Waals surface area contributed by atoms with Crippen LogP contribution in [0, 0.1) is 0 Å². The molecule has 2 aromatic heterocycles. The summed E-state index contributed by atoms with van der Waals surface area (Å²) in [4.78, 5) is 2.42. The Morgan fingerprint density at radius 3 is 1.56 bits per heavy atom. The second-order valence-electron chi connectivity index (χ2n) is 15.6. The lowest BCUT2D eigenvalue weighted by molar-refractivity contribution is 0.669. The Morgan fingerprint density at radius 2 is 0.770 bits per heavy atom. The monoisotopic (exact) mass is 779 g/mol. The SMILES string of the molecule is c1ccc(-c2cccc3ccccc23)c(-c2ccccc2N(c2ccc(-c3cccc4c3oc3ccccc34)cc2)c2ccccc2-c2ccc3oc4ccccc4c3c2)c1. The molecule has 0 saturated carbocycles. The first-order chi connectivity index (χ1) is 30.3. The number of hydrogen-bond acceptors (Lipinski definition) is 3. The van der Waals surface area contributed by atoms with Gasteiger partial charge in [-0.15, -0.1) is 0 Å². The van der Waals surface area contributed by atoms with E-state index in [-0.39, 0.29) is 0 Å². The van der Waals surface area contributed by atoms with Gasteiger partial charge in [0.05, 0.1) is 11.4 Å². The van der Waals surface area contributed by atoms with Crippen LogP contribution in [0.2, 0.25) is 0 Å². The third-order valence-corrected chi connectivity index (χ3v) is 12.1. The molecular formula is C58H37NO2. The first-order valence-electron chi connectivity index (χ1n) is 20.7. The van der Waals surface area contributed by atoms with Crippen LogP contribution in [0.5, 0.6) is 0 Å². The maximum atomic E-state index is 6.49. The van der Waals surface area contributed by atoms with Gasteiger partial charge in [0.1, 0.15) is 22.3 Å². The first-order valence-corrected chi connectivity index (χ1v) is 20.7. The number of furan rings is 2. The van der Waals surface area contributed by atoms with Crippen LogP contribution < -0.4 is 4.90 Å². The Kier molecular flexibility index (Phi) is 8.17. The summed E-state index contributed by atoms with van der Waals surface area (Å²) >= 11 is 0. The van der Waals surface area contributed by atoms with Crippen molar-refractivity contribution in [2.75, 3.05) is 4.90 Å². The number of fused-ring (bicyclic) bond motifs is 7. The third kappa shape index (κ3) is 5.82. The minimum absolute atomic E-state index is 0.879. The molecule has 286 valence electrons. The van der Waals surface area contributed by atoms with Crippen LogP contribution in [-0.4, -0.2) is 0 Å². The van der Waals surface area contributed by atoms with E-state index in [4.69, 9.17) is 8.83 Å². The number of rotatable bonds is 7. The number of benzene rings is 10. The van der Waals surface area contributed by atoms with Gasteiger partial charge in [-0.1, -0.05) is 176 Å². The van der Waals surface area contributed by atoms with E-state index < -0.39 is 0 Å². The fourth-order valence-electron chi connectivity index (χ4n) is 9.29. The predicted molar refractivity (Wildman–Crippen MR) is 255 cm³/mol. The summed E-state index contributed by atoms with van der Waals surface area (Å²) in [6, 6.07) is 80.1. The van der Waals surface area contributed by atoms with Gasteiger partial charge < -0.3 is 13.7 Å². The molecule has 0 aliphatic heterocycles. The van der Waals surface area contributed by atoms with E-state index in [0.717, 1.165) is 94.3 Å². The van der Waals surface area contributed by atoms with Gasteiger partial charge in [-0.2, -0.15) is 0 Å². The van der Waals surface area contributed by atoms with Crippen LogP contribution in [0.1, 0.15) is 0 Å². The highest BCUT2D eigenvalue weighted by molar-refractivity contribution is 6.10. The van der Waals surface area contributed by atoms with Crippen LogP contribution in [0.15, 0.2) is 233 Å². The van der Waals surface area contributed by atoms with Crippen molar-refractivity contribution in [2.45, 2.75) is 0 Å². The average Bonchev–Trinajstić information content (AvgIpc) is 3.90. The van der Waals surface area contributed by atoms with E-state index in [9.17, 15) is 0 Å². The molecule has 0 aliphatic rings. The topological polar surface area (TPSA) is 29.5 Å². The molecule has 3 nitrogen and oxygen atoms in total. The van der Waals surface area contributed by atoms with Crippen LogP contribution >= 0.6 is 0 Å². The summed E-state index contributed by atoms with van der Waals surface area (Å²) in [6.07, 6.45) is 0. The molecule has 0 atom stereocenters. The minimum atomic E-state index is 0.879. The average molecular weight is 780 g/mol. The van der Waals surface area contributed by atoms with E-state index in [1.165, 1.54) is 21.9 Å². The number of anilines is 3. The van der Waals surface area contributed by atoms with Crippen molar-refractivity contribution in [1.82, 2.24) is 0 Å². The fraction of sp³-hybridized carbons (Fsp3) is 0. The van der Waals surface area contributed by atoms with Crippen molar-refractivity contribution in [3.8, 4) is 44.5 Å². The molecule has 0 N–H and O–H groups in total. The van der Waals surface area contributed by atoms with Crippen LogP contribution in [0.25, 0.3) is 99.2 Å². The fourth-order valence-corrected chi connectivity index (χ4v) is 9.29. The van der Waals surface area contributed by atoms with Gasteiger partial charge in [0, 0.05) is 43.9 Å². The maximum absolute atomic E-state index is 6.49. The van der Waals surface area contributed by atoms with E-state index in [2.05, 4.69) is 205 Å². The predicted octanol–water partition coefficient (Wildman–Crippen LogP) is 16.8. The Balaban J connectivity index is 1.07. The van der Waals surface area contributed by atoms with Gasteiger partial charge in [-0.05, 0) is 87.1 Å². The van der Waals surface area contributed by atoms with Gasteiger partial charge in [0.15, 0.2) is 0 Å². The van der Waals surface area contributed by atoms with E-state index in [1.54, 1.807) is 0 Å². The Hall–Kier alpha value is -8.14. The first kappa shape index (κ1) is 34.9. The molecule has 0 spiro atoms. The highest BCUT2D eigenvalue weighted by Gasteiger charge is 2.23. The standard InChI is InChI=1S/C58H37NO2/c1-2-17-42-38(15-1)16-13-25-45(42)46-19-3-4-20-47(46)48-21-6-10-28-54(48)59(41-34-31-39(32-35-41)44-24-14-26-51-49-22-7-12-30-56(49)61-58(44)51)53-27-9-5-18-43(53)40-33-36-57-52(37-40)50-23-8-11-29-55(50)60-57/h1-37H. The molecule has 12 rings (SSSR count). The Bertz CT molecular complexity index is 3600. The van der Waals surface area contributed by atoms with Crippen molar-refractivity contribution in [3.63, 3.8) is 0 Å². The molecule has 0 saturated heterocycles. The molecule has 12 aromatic rings. The summed E-state index contributed by atoms with van der Waals surface area (Å²) in [5.41, 5.74) is 15.8. The smallest absolute Gasteiger partial charge is 0.143 e. The molecule has 0 aliphatic carbocycles. The summed E-state index contributed by atoms with van der Waals surface area (Å²) in [5, 5.41) is 6.91. The molecule has 0 unspecified atom stereocenters. The van der Waals surface area contributed by atoms with Gasteiger partial charge in [0.25, 0.3) is 0 Å². The quantitative estimate of drug-likeness (QED) is 0.161. The normalized spacial score (nSPS) is 11.6. The molecule has 3 heteroatoms. The summed E-state index contributed by atoms with van der Waals surface area (Å²) in [5.74, 6) is 0. The molecule has 2 heterocycles. The lowest BCUT2D eigenvalue weighted by Crippen LogP contribution is -2.12. The molecule has 0 amide bonds. The molecule has 10 aromatic carbocycles. The van der Waals surface area contributed by atoms with E-state index >= 15 is 0 Å². The summed E-state index contributed by atoms with van der Waals surface area (Å²) in [6.45, 7) is 0. The van der Waals surface area contributed by atoms with Gasteiger partial charge >= 0.3 is 0 Å². The molecule has 0 fully saturated rings. The second kappa shape index (κ2) is 14.3. The minimum Gasteiger partial charge on any atom is -0.456 e. The summed E-state index contributed by atoms with van der Waals surface area (Å²) < 4.78 is 12.8. The zero-order valence-corrected chi connectivity index (χ0v) is 33.1. The van der Waals surface area contributed by atoms with E-state index in [0.29, 0.717) is 0 Å². The van der Waals surface area contributed by atoms with E-state index in [1.807, 2.05) is 24.3 Å². The largest absolute Gasteiger partial charge is 0.456 e. The van der Waals surface area contributed by atoms with Crippen molar-refractivity contribution >= 4 is 71.7 Å². The number of para-hydroxylation sites is 5. The molecule has 0 radical (unpaired) electrons. The van der Waals surface area contributed by atoms with Gasteiger partial charge in [0.2, 0.25) is 0 Å². The molecule has 61 heavy (non-hydrogen) atoms. The molecule has 0 bridgehead atoms. The Labute approximate surface area is 353 Å². The third-order valence-electron chi connectivity index (χ3n) is 12.1. The van der Waals surface area contributed by atoms with Gasteiger partial charge in [-0.3, -0.25) is 0 Å². The van der Waals surface area contributed by atoms with Crippen molar-refractivity contribution < 1.29 is 8.83 Å². The maximum Gasteiger partial charge on any atom is 0.143 e. The second-order valence-corrected chi connectivity index (χ2v) is 15.6. The lowest BCUT2D eigenvalue weighted by atomic mass is 9.90. The van der Waals surface area contributed by atoms with Crippen LogP contribution in [-0.2, 0) is 0 Å². The van der Waals surface area contributed by atoms with Crippen molar-refractivity contribution in [2.24, 2.45) is 0 Å². The number of nitrogens with zero attached hydrogens (tertiary/aromatic N) is 1. The Morgan fingerprint density at radius 1 is 0.279 bits per heavy atom. The lowest BCUT2D eigenvalue weighted by Gasteiger charge is -2.30. The highest BCUT2D eigenvalue weighted by atomic mass is 16.3. The highest BCUT2D eigenvalue weighted by Crippen LogP contribution is 2.48. The number of hydrogen-bond donors (Lipinski definition) is 0. The van der Waals surface area contributed by atoms with Crippen molar-refractivity contribution in [1.29, 1.82) is 0 Å². The molecular weight excluding hydrogens is 743 g/mol. The van der Waals surface area contributed by atoms with Crippen LogP contribution in [0.3, 0.4) is 0 Å². The van der Waals surface area contributed by atoms with Crippen LogP contribution in [0.4, 0.5) is 17.1 Å². The zero-order chi connectivity index (χ0) is 40.3. The van der Waals surface area contributed by atoms with Gasteiger partial charge in [-0.25, -0.2) is 0 Å². The summed E-state index contributed by atoms with van der Waals surface area (Å²) in [7, 11) is 0.